The first-order valence-electron chi connectivity index (χ1n) is 5.50. The van der Waals surface area contributed by atoms with Crippen molar-refractivity contribution in [3.05, 3.63) is 0 Å². The van der Waals surface area contributed by atoms with Crippen molar-refractivity contribution >= 4 is 5.97 Å². The lowest BCUT2D eigenvalue weighted by molar-refractivity contribution is -0.177. The molecule has 1 aliphatic heterocycles. The maximum absolute atomic E-state index is 11.4. The van der Waals surface area contributed by atoms with Crippen molar-refractivity contribution < 1.29 is 14.6 Å². The molecule has 0 aromatic heterocycles. The Morgan fingerprint density at radius 3 is 2.53 bits per heavy atom. The van der Waals surface area contributed by atoms with Crippen LogP contribution in [0.2, 0.25) is 0 Å². The van der Waals surface area contributed by atoms with Crippen LogP contribution in [0.5, 0.6) is 0 Å². The molecule has 2 rings (SSSR count). The number of hydrogen-bond acceptors (Lipinski definition) is 4. The van der Waals surface area contributed by atoms with Crippen LogP contribution in [0.15, 0.2) is 0 Å². The highest BCUT2D eigenvalue weighted by molar-refractivity contribution is 5.76. The quantitative estimate of drug-likeness (QED) is 0.674. The summed E-state index contributed by atoms with van der Waals surface area (Å²) >= 11 is 0. The number of aliphatic hydroxyl groups is 1. The van der Waals surface area contributed by atoms with Gasteiger partial charge < -0.3 is 9.84 Å². The number of rotatable bonds is 2. The summed E-state index contributed by atoms with van der Waals surface area (Å²) in [6.45, 7) is 5.05. The van der Waals surface area contributed by atoms with Gasteiger partial charge in [-0.25, -0.2) is 0 Å². The van der Waals surface area contributed by atoms with Crippen LogP contribution in [0.4, 0.5) is 0 Å². The molecule has 3 atom stereocenters. The molecule has 0 aromatic rings. The van der Waals surface area contributed by atoms with Crippen LogP contribution in [-0.2, 0) is 9.53 Å². The molecule has 2 aliphatic rings. The molecule has 0 spiro atoms. The van der Waals surface area contributed by atoms with Crippen molar-refractivity contribution in [2.45, 2.75) is 44.9 Å². The maximum Gasteiger partial charge on any atom is 0.323 e. The molecule has 1 saturated carbocycles. The fraction of sp³-hybridized carbons (Fsp3) is 0.909. The molecule has 4 nitrogen and oxygen atoms in total. The minimum absolute atomic E-state index is 0.0771. The number of carbonyl (C=O) groups excluding carboxylic acids is 1. The average Bonchev–Trinajstić information content (AvgIpc) is 2.15. The molecule has 0 radical (unpaired) electrons. The van der Waals surface area contributed by atoms with E-state index in [1.807, 2.05) is 0 Å². The van der Waals surface area contributed by atoms with Crippen molar-refractivity contribution in [2.75, 3.05) is 13.7 Å². The second kappa shape index (κ2) is 3.46. The third-order valence-electron chi connectivity index (χ3n) is 4.10. The molecule has 15 heavy (non-hydrogen) atoms. The third kappa shape index (κ3) is 1.47. The van der Waals surface area contributed by atoms with E-state index in [1.54, 1.807) is 0 Å². The molecule has 86 valence electrons. The van der Waals surface area contributed by atoms with Gasteiger partial charge in [0, 0.05) is 18.0 Å². The Labute approximate surface area is 90.2 Å². The molecule has 1 aliphatic carbocycles. The maximum atomic E-state index is 11.4. The summed E-state index contributed by atoms with van der Waals surface area (Å²) < 4.78 is 4.76. The minimum atomic E-state index is -0.235. The fourth-order valence-electron chi connectivity index (χ4n) is 2.61. The Morgan fingerprint density at radius 1 is 1.53 bits per heavy atom. The van der Waals surface area contributed by atoms with Gasteiger partial charge in [0.25, 0.3) is 0 Å². The molecular weight excluding hydrogens is 194 g/mol. The lowest BCUT2D eigenvalue weighted by Crippen LogP contribution is -2.68. The van der Waals surface area contributed by atoms with Gasteiger partial charge in [-0.1, -0.05) is 13.8 Å². The highest BCUT2D eigenvalue weighted by Crippen LogP contribution is 2.46. The van der Waals surface area contributed by atoms with Gasteiger partial charge >= 0.3 is 5.97 Å². The zero-order valence-corrected chi connectivity index (χ0v) is 9.56. The van der Waals surface area contributed by atoms with E-state index < -0.39 is 0 Å². The third-order valence-corrected chi connectivity index (χ3v) is 4.10. The van der Waals surface area contributed by atoms with Crippen molar-refractivity contribution in [3.8, 4) is 0 Å². The van der Waals surface area contributed by atoms with Crippen LogP contribution >= 0.6 is 0 Å². The molecule has 0 aromatic carbocycles. The Hall–Kier alpha value is -0.610. The van der Waals surface area contributed by atoms with Gasteiger partial charge in [0.2, 0.25) is 0 Å². The fourth-order valence-corrected chi connectivity index (χ4v) is 2.61. The Morgan fingerprint density at radius 2 is 2.20 bits per heavy atom. The number of ether oxygens (including phenoxy) is 1. The van der Waals surface area contributed by atoms with E-state index in [9.17, 15) is 9.90 Å². The highest BCUT2D eigenvalue weighted by atomic mass is 16.5. The van der Waals surface area contributed by atoms with E-state index in [0.717, 1.165) is 19.4 Å². The van der Waals surface area contributed by atoms with Crippen LogP contribution in [0, 0.1) is 5.41 Å². The molecule has 1 saturated heterocycles. The predicted octanol–water partition coefficient (Wildman–Crippen LogP) is 0.393. The Kier molecular flexibility index (Phi) is 2.51. The topological polar surface area (TPSA) is 49.8 Å². The van der Waals surface area contributed by atoms with Crippen molar-refractivity contribution in [1.29, 1.82) is 0 Å². The lowest BCUT2D eigenvalue weighted by Gasteiger charge is -2.58. The van der Waals surface area contributed by atoms with Crippen molar-refractivity contribution in [1.82, 2.24) is 4.90 Å². The first-order valence-corrected chi connectivity index (χ1v) is 5.50. The molecular formula is C11H19NO3. The summed E-state index contributed by atoms with van der Waals surface area (Å²) in [5, 5.41) is 9.65. The summed E-state index contributed by atoms with van der Waals surface area (Å²) in [7, 11) is 1.43. The van der Waals surface area contributed by atoms with Gasteiger partial charge in [0.15, 0.2) is 0 Å². The zero-order valence-electron chi connectivity index (χ0n) is 9.56. The van der Waals surface area contributed by atoms with Gasteiger partial charge in [-0.3, -0.25) is 9.69 Å². The van der Waals surface area contributed by atoms with Gasteiger partial charge in [-0.2, -0.15) is 0 Å². The lowest BCUT2D eigenvalue weighted by atomic mass is 9.63. The van der Waals surface area contributed by atoms with E-state index in [1.165, 1.54) is 7.11 Å². The van der Waals surface area contributed by atoms with Crippen LogP contribution < -0.4 is 0 Å². The monoisotopic (exact) mass is 213 g/mol. The summed E-state index contributed by atoms with van der Waals surface area (Å²) in [5.41, 5.74) is -0.0906. The second-order valence-electron chi connectivity index (χ2n) is 5.15. The normalized spacial score (nSPS) is 39.1. The SMILES string of the molecule is COC(=O)C1CCN1C1CC(O)C1(C)C. The molecule has 3 unspecified atom stereocenters. The molecule has 1 heterocycles. The smallest absolute Gasteiger partial charge is 0.323 e. The second-order valence-corrected chi connectivity index (χ2v) is 5.15. The largest absolute Gasteiger partial charge is 0.468 e. The van der Waals surface area contributed by atoms with Crippen LogP contribution in [0.1, 0.15) is 26.7 Å². The number of aliphatic hydroxyl groups excluding tert-OH is 1. The van der Waals surface area contributed by atoms with Gasteiger partial charge in [-0.05, 0) is 12.8 Å². The molecule has 0 amide bonds. The highest BCUT2D eigenvalue weighted by Gasteiger charge is 2.54. The first-order chi connectivity index (χ1) is 6.98. The average molecular weight is 213 g/mol. The standard InChI is InChI=1S/C11H19NO3/c1-11(2)8(6-9(11)13)12-5-4-7(12)10(14)15-3/h7-9,13H,4-6H2,1-3H3. The number of carbonyl (C=O) groups is 1. The summed E-state index contributed by atoms with van der Waals surface area (Å²) in [6.07, 6.45) is 1.43. The number of likely N-dealkylation sites (tertiary alicyclic amines) is 1. The van der Waals surface area contributed by atoms with E-state index >= 15 is 0 Å². The predicted molar refractivity (Wildman–Crippen MR) is 55.3 cm³/mol. The summed E-state index contributed by atoms with van der Waals surface area (Å²) in [4.78, 5) is 13.6. The van der Waals surface area contributed by atoms with E-state index in [-0.39, 0.29) is 23.5 Å². The van der Waals surface area contributed by atoms with E-state index in [0.29, 0.717) is 6.04 Å². The number of methoxy groups -OCH3 is 1. The van der Waals surface area contributed by atoms with Gasteiger partial charge in [0.1, 0.15) is 6.04 Å². The first kappa shape index (κ1) is 10.9. The van der Waals surface area contributed by atoms with Crippen LogP contribution in [-0.4, -0.2) is 47.8 Å². The van der Waals surface area contributed by atoms with E-state index in [4.69, 9.17) is 4.74 Å². The van der Waals surface area contributed by atoms with Gasteiger partial charge in [0.05, 0.1) is 13.2 Å². The van der Waals surface area contributed by atoms with Crippen LogP contribution in [0.3, 0.4) is 0 Å². The summed E-state index contributed by atoms with van der Waals surface area (Å²) in [6, 6.07) is 0.247. The van der Waals surface area contributed by atoms with Crippen molar-refractivity contribution in [3.63, 3.8) is 0 Å². The number of esters is 1. The minimum Gasteiger partial charge on any atom is -0.468 e. The Balaban J connectivity index is 1.99. The molecule has 2 fully saturated rings. The molecule has 4 heteroatoms. The zero-order chi connectivity index (χ0) is 11.2. The summed E-state index contributed by atoms with van der Waals surface area (Å²) in [5.74, 6) is -0.140. The number of nitrogens with zero attached hydrogens (tertiary/aromatic N) is 1. The van der Waals surface area contributed by atoms with Gasteiger partial charge in [-0.15, -0.1) is 0 Å². The van der Waals surface area contributed by atoms with Crippen molar-refractivity contribution in [2.24, 2.45) is 5.41 Å². The number of hydrogen-bond donors (Lipinski definition) is 1. The Bertz CT molecular complexity index is 277. The van der Waals surface area contributed by atoms with Crippen LogP contribution in [0.25, 0.3) is 0 Å². The van der Waals surface area contributed by atoms with E-state index in [2.05, 4.69) is 18.7 Å². The molecule has 0 bridgehead atoms. The molecule has 1 N–H and O–H groups in total.